The first kappa shape index (κ1) is 13.0. The third-order valence-electron chi connectivity index (χ3n) is 4.04. The fourth-order valence-electron chi connectivity index (χ4n) is 3.16. The van der Waals surface area contributed by atoms with Crippen molar-refractivity contribution in [3.63, 3.8) is 0 Å². The van der Waals surface area contributed by atoms with Crippen LogP contribution in [0.25, 0.3) is 21.8 Å². The van der Waals surface area contributed by atoms with Crippen LogP contribution in [-0.4, -0.2) is 4.57 Å². The van der Waals surface area contributed by atoms with Crippen molar-refractivity contribution >= 4 is 27.5 Å². The molecule has 1 aromatic heterocycles. The van der Waals surface area contributed by atoms with Crippen molar-refractivity contribution in [2.45, 2.75) is 33.7 Å². The molecule has 0 saturated carbocycles. The average molecular weight is 270 g/mol. The second-order valence-electron chi connectivity index (χ2n) is 5.76. The molecule has 0 unspecified atom stereocenters. The van der Waals surface area contributed by atoms with Crippen LogP contribution in [0.1, 0.15) is 31.0 Å². The lowest BCUT2D eigenvalue weighted by Crippen LogP contribution is -2.01. The van der Waals surface area contributed by atoms with Gasteiger partial charge in [0.1, 0.15) is 5.82 Å². The third-order valence-corrected chi connectivity index (χ3v) is 4.04. The predicted molar refractivity (Wildman–Crippen MR) is 83.7 cm³/mol. The van der Waals surface area contributed by atoms with Crippen LogP contribution in [0.2, 0.25) is 0 Å². The number of fused-ring (bicyclic) bond motifs is 3. The molecule has 3 rings (SSSR count). The Hall–Kier alpha value is -2.03. The minimum Gasteiger partial charge on any atom is -0.398 e. The van der Waals surface area contributed by atoms with Crippen LogP contribution in [0.3, 0.4) is 0 Å². The van der Waals surface area contributed by atoms with Gasteiger partial charge < -0.3 is 10.3 Å². The first-order chi connectivity index (χ1) is 9.41. The highest BCUT2D eigenvalue weighted by Gasteiger charge is 2.17. The maximum Gasteiger partial charge on any atom is 0.124 e. The van der Waals surface area contributed by atoms with E-state index >= 15 is 0 Å². The highest BCUT2D eigenvalue weighted by atomic mass is 19.1. The highest BCUT2D eigenvalue weighted by molar-refractivity contribution is 6.12. The Kier molecular flexibility index (Phi) is 2.75. The van der Waals surface area contributed by atoms with Gasteiger partial charge in [-0.25, -0.2) is 4.39 Å². The van der Waals surface area contributed by atoms with E-state index in [0.29, 0.717) is 6.04 Å². The molecule has 2 N–H and O–H groups in total. The first-order valence-corrected chi connectivity index (χ1v) is 6.90. The van der Waals surface area contributed by atoms with E-state index in [-0.39, 0.29) is 5.82 Å². The second kappa shape index (κ2) is 4.23. The van der Waals surface area contributed by atoms with Crippen molar-refractivity contribution in [2.24, 2.45) is 0 Å². The summed E-state index contributed by atoms with van der Waals surface area (Å²) >= 11 is 0. The molecule has 0 saturated heterocycles. The van der Waals surface area contributed by atoms with Crippen LogP contribution in [0.15, 0.2) is 24.3 Å². The molecular weight excluding hydrogens is 251 g/mol. The molecule has 0 fully saturated rings. The van der Waals surface area contributed by atoms with Crippen molar-refractivity contribution in [1.29, 1.82) is 0 Å². The lowest BCUT2D eigenvalue weighted by atomic mass is 10.0. The van der Waals surface area contributed by atoms with Crippen molar-refractivity contribution in [2.75, 3.05) is 5.73 Å². The fraction of sp³-hybridized carbons (Fsp3) is 0.294. The number of anilines is 1. The minimum absolute atomic E-state index is 0.195. The molecule has 0 aliphatic carbocycles. The second-order valence-corrected chi connectivity index (χ2v) is 5.76. The Balaban J connectivity index is 2.67. The first-order valence-electron chi connectivity index (χ1n) is 6.90. The summed E-state index contributed by atoms with van der Waals surface area (Å²) in [7, 11) is 0. The molecule has 104 valence electrons. The average Bonchev–Trinajstić information content (AvgIpc) is 2.69. The quantitative estimate of drug-likeness (QED) is 0.638. The van der Waals surface area contributed by atoms with Gasteiger partial charge in [-0.1, -0.05) is 0 Å². The lowest BCUT2D eigenvalue weighted by Gasteiger charge is -2.13. The van der Waals surface area contributed by atoms with E-state index in [1.165, 1.54) is 0 Å². The van der Waals surface area contributed by atoms with Crippen molar-refractivity contribution in [1.82, 2.24) is 4.57 Å². The molecule has 0 bridgehead atoms. The van der Waals surface area contributed by atoms with Crippen LogP contribution in [0.4, 0.5) is 10.1 Å². The number of nitrogen functional groups attached to an aromatic ring is 1. The van der Waals surface area contributed by atoms with Crippen molar-refractivity contribution in [3.8, 4) is 0 Å². The summed E-state index contributed by atoms with van der Waals surface area (Å²) in [6.07, 6.45) is 0. The summed E-state index contributed by atoms with van der Waals surface area (Å²) in [5.74, 6) is -0.195. The molecule has 0 radical (unpaired) electrons. The monoisotopic (exact) mass is 270 g/mol. The number of rotatable bonds is 1. The van der Waals surface area contributed by atoms with Gasteiger partial charge in [0.05, 0.1) is 5.52 Å². The molecular formula is C17H19FN2. The van der Waals surface area contributed by atoms with Gasteiger partial charge in [-0.2, -0.15) is 0 Å². The number of benzene rings is 2. The Morgan fingerprint density at radius 1 is 1.15 bits per heavy atom. The zero-order valence-electron chi connectivity index (χ0n) is 12.3. The van der Waals surface area contributed by atoms with Crippen molar-refractivity contribution < 1.29 is 4.39 Å². The fourth-order valence-corrected chi connectivity index (χ4v) is 3.16. The summed E-state index contributed by atoms with van der Waals surface area (Å²) in [5.41, 5.74) is 11.0. The van der Waals surface area contributed by atoms with E-state index < -0.39 is 0 Å². The number of hydrogen-bond donors (Lipinski definition) is 1. The number of aryl methyl sites for hydroxylation is 2. The molecule has 3 aromatic rings. The molecule has 2 nitrogen and oxygen atoms in total. The molecule has 0 aliphatic rings. The number of nitrogens with two attached hydrogens (primary N) is 1. The minimum atomic E-state index is -0.195. The molecule has 0 atom stereocenters. The highest BCUT2D eigenvalue weighted by Crippen LogP contribution is 2.37. The third kappa shape index (κ3) is 1.62. The summed E-state index contributed by atoms with van der Waals surface area (Å²) in [6, 6.07) is 7.49. The molecule has 3 heteroatoms. The van der Waals surface area contributed by atoms with Gasteiger partial charge in [0.15, 0.2) is 0 Å². The molecule has 0 spiro atoms. The predicted octanol–water partition coefficient (Wildman–Crippen LogP) is 4.71. The smallest absolute Gasteiger partial charge is 0.124 e. The van der Waals surface area contributed by atoms with Crippen LogP contribution in [-0.2, 0) is 0 Å². The topological polar surface area (TPSA) is 30.9 Å². The molecule has 0 amide bonds. The van der Waals surface area contributed by atoms with Crippen LogP contribution >= 0.6 is 0 Å². The van der Waals surface area contributed by atoms with E-state index in [9.17, 15) is 4.39 Å². The number of aromatic nitrogens is 1. The van der Waals surface area contributed by atoms with Crippen LogP contribution < -0.4 is 5.73 Å². The number of nitrogens with zero attached hydrogens (tertiary/aromatic N) is 1. The van der Waals surface area contributed by atoms with Crippen LogP contribution in [0.5, 0.6) is 0 Å². The number of halogens is 1. The van der Waals surface area contributed by atoms with Crippen LogP contribution in [0, 0.1) is 19.7 Å². The normalized spacial score (nSPS) is 11.9. The van der Waals surface area contributed by atoms with Crippen molar-refractivity contribution in [3.05, 3.63) is 41.2 Å². The Labute approximate surface area is 118 Å². The summed E-state index contributed by atoms with van der Waals surface area (Å²) in [5, 5.41) is 2.02. The zero-order chi connectivity index (χ0) is 14.6. The van der Waals surface area contributed by atoms with E-state index in [1.807, 2.05) is 26.0 Å². The summed E-state index contributed by atoms with van der Waals surface area (Å²) in [4.78, 5) is 0. The largest absolute Gasteiger partial charge is 0.398 e. The molecule has 1 heterocycles. The van der Waals surface area contributed by atoms with E-state index in [1.54, 1.807) is 12.1 Å². The van der Waals surface area contributed by atoms with Gasteiger partial charge in [-0.15, -0.1) is 0 Å². The maximum absolute atomic E-state index is 13.8. The Morgan fingerprint density at radius 3 is 2.50 bits per heavy atom. The Morgan fingerprint density at radius 2 is 1.85 bits per heavy atom. The lowest BCUT2D eigenvalue weighted by molar-refractivity contribution is 0.624. The van der Waals surface area contributed by atoms with E-state index in [4.69, 9.17) is 5.73 Å². The Bertz CT molecular complexity index is 828. The van der Waals surface area contributed by atoms with E-state index in [2.05, 4.69) is 18.4 Å². The van der Waals surface area contributed by atoms with Gasteiger partial charge in [-0.05, 0) is 63.1 Å². The number of hydrogen-bond acceptors (Lipinski definition) is 1. The van der Waals surface area contributed by atoms with Gasteiger partial charge in [0, 0.05) is 28.0 Å². The van der Waals surface area contributed by atoms with Gasteiger partial charge >= 0.3 is 0 Å². The van der Waals surface area contributed by atoms with E-state index in [0.717, 1.165) is 38.6 Å². The SMILES string of the molecule is Cc1c(N)ccc2c1c1cc(F)cc(C)c1n2C(C)C. The van der Waals surface area contributed by atoms with Gasteiger partial charge in [0.2, 0.25) is 0 Å². The zero-order valence-corrected chi connectivity index (χ0v) is 12.3. The van der Waals surface area contributed by atoms with Gasteiger partial charge in [-0.3, -0.25) is 0 Å². The summed E-state index contributed by atoms with van der Waals surface area (Å²) < 4.78 is 16.1. The molecule has 2 aromatic carbocycles. The molecule has 20 heavy (non-hydrogen) atoms. The molecule has 0 aliphatic heterocycles. The maximum atomic E-state index is 13.8. The standard InChI is InChI=1S/C17H19FN2/c1-9(2)20-15-6-5-14(19)11(4)16(15)13-8-12(18)7-10(3)17(13)20/h5-9H,19H2,1-4H3. The summed E-state index contributed by atoms with van der Waals surface area (Å²) in [6.45, 7) is 8.25. The van der Waals surface area contributed by atoms with Gasteiger partial charge in [0.25, 0.3) is 0 Å².